The van der Waals surface area contributed by atoms with Crippen molar-refractivity contribution < 1.29 is 9.59 Å². The number of hydrogen-bond donors (Lipinski definition) is 1. The second-order valence-electron chi connectivity index (χ2n) is 8.67. The van der Waals surface area contributed by atoms with Gasteiger partial charge in [-0.25, -0.2) is 0 Å². The molecule has 1 heterocycles. The van der Waals surface area contributed by atoms with E-state index in [-0.39, 0.29) is 23.7 Å². The van der Waals surface area contributed by atoms with Crippen LogP contribution in [0, 0.1) is 5.92 Å². The van der Waals surface area contributed by atoms with Crippen molar-refractivity contribution in [2.45, 2.75) is 57.4 Å². The quantitative estimate of drug-likeness (QED) is 0.696. The molecule has 0 saturated heterocycles. The number of hydrogen-bond acceptors (Lipinski definition) is 3. The molecule has 1 atom stereocenters. The van der Waals surface area contributed by atoms with Crippen molar-refractivity contribution in [2.24, 2.45) is 5.92 Å². The van der Waals surface area contributed by atoms with Gasteiger partial charge in [0.15, 0.2) is 5.78 Å². The molecule has 0 bridgehead atoms. The lowest BCUT2D eigenvalue weighted by atomic mass is 9.83. The molecule has 1 aliphatic heterocycles. The largest absolute Gasteiger partial charge is 0.357 e. The van der Waals surface area contributed by atoms with E-state index in [1.807, 2.05) is 59.5 Å². The van der Waals surface area contributed by atoms with Crippen LogP contribution in [-0.2, 0) is 9.59 Å². The summed E-state index contributed by atoms with van der Waals surface area (Å²) in [7, 11) is 0. The van der Waals surface area contributed by atoms with Gasteiger partial charge in [-0.05, 0) is 43.4 Å². The Morgan fingerprint density at radius 1 is 0.867 bits per heavy atom. The number of nitrogens with zero attached hydrogens (tertiary/aromatic N) is 1. The smallest absolute Gasteiger partial charge is 0.231 e. The first-order chi connectivity index (χ1) is 14.7. The van der Waals surface area contributed by atoms with E-state index < -0.39 is 0 Å². The number of Topliss-reactive ketones (excluding diaryl/α,β-unsaturated/α-hetero) is 1. The van der Waals surface area contributed by atoms with Gasteiger partial charge in [-0.2, -0.15) is 0 Å². The number of amides is 1. The third-order valence-electron chi connectivity index (χ3n) is 6.74. The first-order valence-electron chi connectivity index (χ1n) is 11.2. The maximum Gasteiger partial charge on any atom is 0.231 e. The molecule has 1 amide bonds. The zero-order valence-corrected chi connectivity index (χ0v) is 17.3. The highest BCUT2D eigenvalue weighted by Crippen LogP contribution is 2.46. The molecule has 2 aliphatic carbocycles. The topological polar surface area (TPSA) is 49.4 Å². The molecule has 2 aromatic carbocycles. The minimum Gasteiger partial charge on any atom is -0.357 e. The Hall–Kier alpha value is -2.88. The highest BCUT2D eigenvalue weighted by atomic mass is 16.2. The SMILES string of the molecule is O=C1CCCC2=C1C(c1ccccc1)N(C(=O)C1CCCCC1)c1ccccc1N2. The normalized spacial score (nSPS) is 22.1. The molecule has 4 heteroatoms. The van der Waals surface area contributed by atoms with Crippen molar-refractivity contribution in [2.75, 3.05) is 10.2 Å². The van der Waals surface area contributed by atoms with Crippen molar-refractivity contribution in [1.82, 2.24) is 0 Å². The highest BCUT2D eigenvalue weighted by molar-refractivity contribution is 6.06. The van der Waals surface area contributed by atoms with Crippen LogP contribution >= 0.6 is 0 Å². The fourth-order valence-electron chi connectivity index (χ4n) is 5.27. The van der Waals surface area contributed by atoms with Crippen LogP contribution in [0.1, 0.15) is 63.0 Å². The number of allylic oxidation sites excluding steroid dienone is 1. The van der Waals surface area contributed by atoms with E-state index in [2.05, 4.69) is 5.32 Å². The van der Waals surface area contributed by atoms with Crippen molar-refractivity contribution in [3.8, 4) is 0 Å². The van der Waals surface area contributed by atoms with Crippen molar-refractivity contribution in [3.05, 3.63) is 71.4 Å². The minimum atomic E-state index is -0.375. The van der Waals surface area contributed by atoms with Crippen molar-refractivity contribution in [1.29, 1.82) is 0 Å². The molecule has 5 rings (SSSR count). The maximum absolute atomic E-state index is 14.0. The maximum atomic E-state index is 14.0. The summed E-state index contributed by atoms with van der Waals surface area (Å²) in [6.07, 6.45) is 7.53. The monoisotopic (exact) mass is 400 g/mol. The fraction of sp³-hybridized carbons (Fsp3) is 0.385. The van der Waals surface area contributed by atoms with Crippen LogP contribution < -0.4 is 10.2 Å². The van der Waals surface area contributed by atoms with Crippen LogP contribution in [0.25, 0.3) is 0 Å². The molecule has 1 saturated carbocycles. The van der Waals surface area contributed by atoms with Gasteiger partial charge in [0.25, 0.3) is 0 Å². The molecule has 1 N–H and O–H groups in total. The van der Waals surface area contributed by atoms with Crippen LogP contribution in [0.2, 0.25) is 0 Å². The van der Waals surface area contributed by atoms with Gasteiger partial charge >= 0.3 is 0 Å². The van der Waals surface area contributed by atoms with Crippen LogP contribution in [-0.4, -0.2) is 11.7 Å². The lowest BCUT2D eigenvalue weighted by Gasteiger charge is -2.36. The Balaban J connectivity index is 1.72. The molecule has 3 aliphatic rings. The van der Waals surface area contributed by atoms with Crippen LogP contribution in [0.3, 0.4) is 0 Å². The van der Waals surface area contributed by atoms with Gasteiger partial charge in [0.1, 0.15) is 0 Å². The summed E-state index contributed by atoms with van der Waals surface area (Å²) < 4.78 is 0. The summed E-state index contributed by atoms with van der Waals surface area (Å²) >= 11 is 0. The molecule has 0 aromatic heterocycles. The van der Waals surface area contributed by atoms with E-state index in [1.165, 1.54) is 6.42 Å². The van der Waals surface area contributed by atoms with Crippen LogP contribution in [0.15, 0.2) is 65.9 Å². The summed E-state index contributed by atoms with van der Waals surface area (Å²) in [5, 5.41) is 3.54. The predicted octanol–water partition coefficient (Wildman–Crippen LogP) is 5.77. The lowest BCUT2D eigenvalue weighted by Crippen LogP contribution is -2.42. The van der Waals surface area contributed by atoms with Gasteiger partial charge in [-0.15, -0.1) is 0 Å². The fourth-order valence-corrected chi connectivity index (χ4v) is 5.27. The first kappa shape index (κ1) is 19.1. The number of anilines is 2. The van der Waals surface area contributed by atoms with E-state index in [0.717, 1.165) is 66.7 Å². The third kappa shape index (κ3) is 3.34. The standard InChI is InChI=1S/C26H28N2O2/c29-23-17-9-15-21-24(23)25(18-10-3-1-4-11-18)28(22-16-8-7-14-20(22)27-21)26(30)19-12-5-2-6-13-19/h1,3-4,7-8,10-11,14,16,19,25,27H,2,5-6,9,12-13,15,17H2. The van der Waals surface area contributed by atoms with Gasteiger partial charge in [-0.1, -0.05) is 61.7 Å². The number of fused-ring (bicyclic) bond motifs is 1. The van der Waals surface area contributed by atoms with Crippen LogP contribution in [0.4, 0.5) is 11.4 Å². The number of ketones is 1. The van der Waals surface area contributed by atoms with Gasteiger partial charge in [-0.3, -0.25) is 14.5 Å². The average molecular weight is 401 g/mol. The predicted molar refractivity (Wildman–Crippen MR) is 119 cm³/mol. The number of rotatable bonds is 2. The first-order valence-corrected chi connectivity index (χ1v) is 11.2. The highest BCUT2D eigenvalue weighted by Gasteiger charge is 2.41. The Morgan fingerprint density at radius 3 is 2.40 bits per heavy atom. The molecule has 0 radical (unpaired) electrons. The number of para-hydroxylation sites is 2. The molecule has 154 valence electrons. The molecular weight excluding hydrogens is 372 g/mol. The number of nitrogens with one attached hydrogen (secondary N) is 1. The van der Waals surface area contributed by atoms with E-state index in [0.29, 0.717) is 6.42 Å². The minimum absolute atomic E-state index is 0.0267. The Bertz CT molecular complexity index is 989. The molecule has 1 unspecified atom stereocenters. The zero-order valence-electron chi connectivity index (χ0n) is 17.3. The molecule has 0 spiro atoms. The summed E-state index contributed by atoms with van der Waals surface area (Å²) in [5.41, 5.74) is 4.55. The Kier molecular flexibility index (Phi) is 5.16. The second kappa shape index (κ2) is 8.10. The zero-order chi connectivity index (χ0) is 20.5. The molecular formula is C26H28N2O2. The van der Waals surface area contributed by atoms with E-state index in [1.54, 1.807) is 0 Å². The number of benzene rings is 2. The van der Waals surface area contributed by atoms with Crippen LogP contribution in [0.5, 0.6) is 0 Å². The molecule has 2 aromatic rings. The van der Waals surface area contributed by atoms with Gasteiger partial charge in [0.2, 0.25) is 5.91 Å². The third-order valence-corrected chi connectivity index (χ3v) is 6.74. The average Bonchev–Trinajstić information content (AvgIpc) is 2.95. The van der Waals surface area contributed by atoms with E-state index in [9.17, 15) is 9.59 Å². The summed E-state index contributed by atoms with van der Waals surface area (Å²) in [6.45, 7) is 0. The summed E-state index contributed by atoms with van der Waals surface area (Å²) in [6, 6.07) is 17.7. The van der Waals surface area contributed by atoms with Crippen molar-refractivity contribution >= 4 is 23.1 Å². The van der Waals surface area contributed by atoms with Gasteiger partial charge in [0.05, 0.1) is 17.4 Å². The van der Waals surface area contributed by atoms with E-state index >= 15 is 0 Å². The van der Waals surface area contributed by atoms with Gasteiger partial charge < -0.3 is 5.32 Å². The summed E-state index contributed by atoms with van der Waals surface area (Å²) in [4.78, 5) is 29.2. The van der Waals surface area contributed by atoms with E-state index in [4.69, 9.17) is 0 Å². The summed E-state index contributed by atoms with van der Waals surface area (Å²) in [5.74, 6) is 0.343. The van der Waals surface area contributed by atoms with Gasteiger partial charge in [0, 0.05) is 23.6 Å². The number of carbonyl (C=O) groups excluding carboxylic acids is 2. The molecule has 1 fully saturated rings. The Morgan fingerprint density at radius 2 is 1.60 bits per heavy atom. The molecule has 30 heavy (non-hydrogen) atoms. The molecule has 4 nitrogen and oxygen atoms in total. The number of carbonyl (C=O) groups is 2. The lowest BCUT2D eigenvalue weighted by molar-refractivity contribution is -0.123. The second-order valence-corrected chi connectivity index (χ2v) is 8.67. The Labute approximate surface area is 178 Å². The van der Waals surface area contributed by atoms with Crippen molar-refractivity contribution in [3.63, 3.8) is 0 Å².